The highest BCUT2D eigenvalue weighted by Crippen LogP contribution is 2.21. The molecule has 10 heteroatoms. The van der Waals surface area contributed by atoms with E-state index in [-0.39, 0.29) is 36.1 Å². The Balaban J connectivity index is 0.00000385. The molecular formula is C23H42IN7O2. The van der Waals surface area contributed by atoms with E-state index in [1.165, 1.54) is 0 Å². The molecule has 0 aromatic carbocycles. The summed E-state index contributed by atoms with van der Waals surface area (Å²) in [7, 11) is 1.81. The van der Waals surface area contributed by atoms with E-state index in [1.807, 2.05) is 30.4 Å². The largest absolute Gasteiger partial charge is 0.444 e. The van der Waals surface area contributed by atoms with E-state index >= 15 is 0 Å². The normalized spacial score (nSPS) is 21.3. The summed E-state index contributed by atoms with van der Waals surface area (Å²) in [6.45, 7) is 13.2. The molecule has 3 rings (SSSR count). The zero-order chi connectivity index (χ0) is 23.3. The van der Waals surface area contributed by atoms with Crippen LogP contribution in [0.2, 0.25) is 0 Å². The number of carbonyl (C=O) groups excluding carboxylic acids is 1. The van der Waals surface area contributed by atoms with Crippen LogP contribution in [0.5, 0.6) is 0 Å². The van der Waals surface area contributed by atoms with Gasteiger partial charge in [0.25, 0.3) is 0 Å². The van der Waals surface area contributed by atoms with Gasteiger partial charge in [-0.25, -0.2) is 14.5 Å². The quantitative estimate of drug-likeness (QED) is 0.317. The van der Waals surface area contributed by atoms with Gasteiger partial charge in [0.05, 0.1) is 6.54 Å². The second-order valence-corrected chi connectivity index (χ2v) is 10.3. The molecule has 2 atom stereocenters. The maximum absolute atomic E-state index is 12.4. The molecule has 1 aromatic rings. The molecule has 33 heavy (non-hydrogen) atoms. The van der Waals surface area contributed by atoms with Crippen molar-refractivity contribution in [3.05, 3.63) is 11.6 Å². The number of hydrogen-bond acceptors (Lipinski definition) is 5. The van der Waals surface area contributed by atoms with Crippen LogP contribution >= 0.6 is 24.0 Å². The Bertz CT molecular complexity index is 803. The van der Waals surface area contributed by atoms with Gasteiger partial charge >= 0.3 is 6.09 Å². The first-order valence-corrected chi connectivity index (χ1v) is 12.0. The summed E-state index contributed by atoms with van der Waals surface area (Å²) < 4.78 is 7.58. The summed E-state index contributed by atoms with van der Waals surface area (Å²) in [6.07, 6.45) is 4.91. The molecule has 1 aromatic heterocycles. The number of piperidine rings is 1. The van der Waals surface area contributed by atoms with Crippen molar-refractivity contribution in [1.82, 2.24) is 30.3 Å². The highest BCUT2D eigenvalue weighted by atomic mass is 127. The van der Waals surface area contributed by atoms with Crippen LogP contribution in [0.15, 0.2) is 4.99 Å². The molecule has 2 aliphatic rings. The Morgan fingerprint density at radius 3 is 2.70 bits per heavy atom. The second-order valence-electron chi connectivity index (χ2n) is 10.3. The standard InChI is InChI=1S/C23H41N7O2.HI/c1-16(2)20-27-19-10-9-18(15-30(19)28-20)26-21(24-6)25-12-11-17-8-7-13-29(14-17)22(31)32-23(3,4)5;/h16-18H,7-15H2,1-6H3,(H2,24,25,26);1H. The Hall–Kier alpha value is -1.59. The minimum Gasteiger partial charge on any atom is -0.444 e. The number of ether oxygens (including phenoxy) is 1. The van der Waals surface area contributed by atoms with Gasteiger partial charge < -0.3 is 20.3 Å². The third kappa shape index (κ3) is 8.29. The number of nitrogens with one attached hydrogen (secondary N) is 2. The summed E-state index contributed by atoms with van der Waals surface area (Å²) in [5, 5.41) is 11.7. The number of aromatic nitrogens is 3. The molecule has 0 bridgehead atoms. The lowest BCUT2D eigenvalue weighted by molar-refractivity contribution is 0.0162. The van der Waals surface area contributed by atoms with Crippen LogP contribution in [-0.4, -0.2) is 70.0 Å². The Morgan fingerprint density at radius 1 is 1.27 bits per heavy atom. The van der Waals surface area contributed by atoms with Gasteiger partial charge in [-0.2, -0.15) is 5.10 Å². The lowest BCUT2D eigenvalue weighted by atomic mass is 9.95. The van der Waals surface area contributed by atoms with Crippen molar-refractivity contribution in [3.8, 4) is 0 Å². The fourth-order valence-electron chi connectivity index (χ4n) is 4.27. The van der Waals surface area contributed by atoms with Crippen molar-refractivity contribution in [1.29, 1.82) is 0 Å². The monoisotopic (exact) mass is 575 g/mol. The number of halogens is 1. The molecule has 1 saturated heterocycles. The lowest BCUT2D eigenvalue weighted by Crippen LogP contribution is -2.48. The van der Waals surface area contributed by atoms with Crippen molar-refractivity contribution in [2.24, 2.45) is 10.9 Å². The third-order valence-corrected chi connectivity index (χ3v) is 5.97. The molecule has 1 amide bonds. The zero-order valence-corrected chi connectivity index (χ0v) is 23.4. The van der Waals surface area contributed by atoms with E-state index in [0.29, 0.717) is 11.8 Å². The first-order chi connectivity index (χ1) is 15.1. The third-order valence-electron chi connectivity index (χ3n) is 5.97. The SMILES string of the molecule is CN=C(NCCC1CCCN(C(=O)OC(C)(C)C)C1)NC1CCc2nc(C(C)C)nn2C1.I. The molecule has 0 radical (unpaired) electrons. The van der Waals surface area contributed by atoms with Gasteiger partial charge in [-0.3, -0.25) is 4.99 Å². The number of likely N-dealkylation sites (tertiary alicyclic amines) is 1. The smallest absolute Gasteiger partial charge is 0.410 e. The van der Waals surface area contributed by atoms with E-state index in [0.717, 1.165) is 75.9 Å². The summed E-state index contributed by atoms with van der Waals surface area (Å²) in [4.78, 5) is 23.3. The van der Waals surface area contributed by atoms with Gasteiger partial charge in [0, 0.05) is 45.1 Å². The number of fused-ring (bicyclic) bond motifs is 1. The molecule has 9 nitrogen and oxygen atoms in total. The summed E-state index contributed by atoms with van der Waals surface area (Å²) in [5.41, 5.74) is -0.452. The van der Waals surface area contributed by atoms with Crippen LogP contribution in [0.1, 0.15) is 77.9 Å². The number of aliphatic imine (C=N–C) groups is 1. The highest BCUT2D eigenvalue weighted by Gasteiger charge is 2.28. The highest BCUT2D eigenvalue weighted by molar-refractivity contribution is 14.0. The maximum Gasteiger partial charge on any atom is 0.410 e. The van der Waals surface area contributed by atoms with Gasteiger partial charge in [-0.1, -0.05) is 13.8 Å². The first kappa shape index (κ1) is 27.7. The van der Waals surface area contributed by atoms with Gasteiger partial charge in [-0.15, -0.1) is 24.0 Å². The molecule has 2 N–H and O–H groups in total. The van der Waals surface area contributed by atoms with Gasteiger partial charge in [0.15, 0.2) is 11.8 Å². The van der Waals surface area contributed by atoms with Gasteiger partial charge in [-0.05, 0) is 52.4 Å². The average molecular weight is 576 g/mol. The number of rotatable bonds is 5. The predicted molar refractivity (Wildman–Crippen MR) is 141 cm³/mol. The number of carbonyl (C=O) groups is 1. The van der Waals surface area contributed by atoms with E-state index in [2.05, 4.69) is 39.6 Å². The topological polar surface area (TPSA) is 96.7 Å². The fraction of sp³-hybridized carbons (Fsp3) is 0.826. The molecule has 2 aliphatic heterocycles. The number of hydrogen-bond donors (Lipinski definition) is 2. The predicted octanol–water partition coefficient (Wildman–Crippen LogP) is 3.54. The van der Waals surface area contributed by atoms with E-state index < -0.39 is 5.60 Å². The minimum atomic E-state index is -0.452. The molecule has 2 unspecified atom stereocenters. The number of amides is 1. The summed E-state index contributed by atoms with van der Waals surface area (Å²) in [6, 6.07) is 0.285. The van der Waals surface area contributed by atoms with Crippen molar-refractivity contribution in [2.45, 2.75) is 90.8 Å². The van der Waals surface area contributed by atoms with Crippen molar-refractivity contribution in [2.75, 3.05) is 26.7 Å². The van der Waals surface area contributed by atoms with Crippen LogP contribution < -0.4 is 10.6 Å². The van der Waals surface area contributed by atoms with E-state index in [4.69, 9.17) is 4.74 Å². The molecule has 0 spiro atoms. The Kier molecular flexibility index (Phi) is 10.2. The summed E-state index contributed by atoms with van der Waals surface area (Å²) >= 11 is 0. The van der Waals surface area contributed by atoms with E-state index in [1.54, 1.807) is 7.05 Å². The number of guanidine groups is 1. The maximum atomic E-state index is 12.4. The van der Waals surface area contributed by atoms with Crippen molar-refractivity contribution < 1.29 is 9.53 Å². The number of nitrogens with zero attached hydrogens (tertiary/aromatic N) is 5. The molecule has 188 valence electrons. The first-order valence-electron chi connectivity index (χ1n) is 12.0. The molecule has 1 fully saturated rings. The molecular weight excluding hydrogens is 533 g/mol. The van der Waals surface area contributed by atoms with E-state index in [9.17, 15) is 4.79 Å². The fourth-order valence-corrected chi connectivity index (χ4v) is 4.27. The van der Waals surface area contributed by atoms with Gasteiger partial charge in [0.1, 0.15) is 11.4 Å². The van der Waals surface area contributed by atoms with Crippen LogP contribution in [0.4, 0.5) is 4.79 Å². The van der Waals surface area contributed by atoms with Crippen LogP contribution in [0, 0.1) is 5.92 Å². The molecule has 0 saturated carbocycles. The lowest BCUT2D eigenvalue weighted by Gasteiger charge is -2.34. The van der Waals surface area contributed by atoms with Gasteiger partial charge in [0.2, 0.25) is 0 Å². The van der Waals surface area contributed by atoms with Crippen LogP contribution in [0.3, 0.4) is 0 Å². The molecule has 0 aliphatic carbocycles. The minimum absolute atomic E-state index is 0. The second kappa shape index (κ2) is 12.2. The average Bonchev–Trinajstić information content (AvgIpc) is 3.16. The number of aryl methyl sites for hydroxylation is 1. The molecule has 3 heterocycles. The van der Waals surface area contributed by atoms with Crippen LogP contribution in [-0.2, 0) is 17.7 Å². The van der Waals surface area contributed by atoms with Crippen molar-refractivity contribution in [3.63, 3.8) is 0 Å². The zero-order valence-electron chi connectivity index (χ0n) is 21.1. The summed E-state index contributed by atoms with van der Waals surface area (Å²) in [5.74, 6) is 3.66. The Morgan fingerprint density at radius 2 is 2.03 bits per heavy atom. The van der Waals surface area contributed by atoms with Crippen molar-refractivity contribution >= 4 is 36.0 Å². The van der Waals surface area contributed by atoms with Crippen LogP contribution in [0.25, 0.3) is 0 Å². The Labute approximate surface area is 215 Å².